The van der Waals surface area contributed by atoms with Crippen LogP contribution in [0, 0.1) is 6.92 Å². The summed E-state index contributed by atoms with van der Waals surface area (Å²) in [5.74, 6) is 1.02. The van der Waals surface area contributed by atoms with Gasteiger partial charge in [-0.15, -0.1) is 0 Å². The van der Waals surface area contributed by atoms with Crippen LogP contribution in [0.2, 0.25) is 0 Å². The second-order valence-electron chi connectivity index (χ2n) is 5.41. The molecule has 0 atom stereocenters. The molecule has 0 radical (unpaired) electrons. The zero-order chi connectivity index (χ0) is 13.7. The number of aryl methyl sites for hydroxylation is 1. The summed E-state index contributed by atoms with van der Waals surface area (Å²) in [6.45, 7) is 4.26. The number of rotatable bonds is 6. The number of benzene rings is 1. The summed E-state index contributed by atoms with van der Waals surface area (Å²) in [5.41, 5.74) is 2.62. The summed E-state index contributed by atoms with van der Waals surface area (Å²) in [7, 11) is 1.76. The first kappa shape index (κ1) is 14.9. The van der Waals surface area contributed by atoms with Gasteiger partial charge in [-0.25, -0.2) is 0 Å². The molecule has 106 valence electrons. The lowest BCUT2D eigenvalue weighted by atomic mass is 10.1. The molecule has 19 heavy (non-hydrogen) atoms. The van der Waals surface area contributed by atoms with Gasteiger partial charge in [0.05, 0.1) is 7.11 Å². The van der Waals surface area contributed by atoms with Gasteiger partial charge in [0.1, 0.15) is 5.75 Å². The highest BCUT2D eigenvalue weighted by atomic mass is 79.9. The number of alkyl halides is 1. The Morgan fingerprint density at radius 2 is 2.05 bits per heavy atom. The SMILES string of the molecule is COc1ccc(C)cc1CN(CCBr)C1CCCC1. The summed E-state index contributed by atoms with van der Waals surface area (Å²) in [5, 5.41) is 1.04. The number of halogens is 1. The van der Waals surface area contributed by atoms with Gasteiger partial charge < -0.3 is 4.74 Å². The molecule has 0 amide bonds. The number of ether oxygens (including phenoxy) is 1. The first-order valence-electron chi connectivity index (χ1n) is 7.18. The van der Waals surface area contributed by atoms with Crippen LogP contribution in [0.15, 0.2) is 18.2 Å². The topological polar surface area (TPSA) is 12.5 Å². The van der Waals surface area contributed by atoms with Gasteiger partial charge in [-0.1, -0.05) is 46.5 Å². The number of hydrogen-bond acceptors (Lipinski definition) is 2. The molecule has 0 heterocycles. The molecule has 0 N–H and O–H groups in total. The van der Waals surface area contributed by atoms with Crippen molar-refractivity contribution in [2.45, 2.75) is 45.2 Å². The number of methoxy groups -OCH3 is 1. The lowest BCUT2D eigenvalue weighted by Gasteiger charge is -2.29. The van der Waals surface area contributed by atoms with E-state index in [0.29, 0.717) is 0 Å². The summed E-state index contributed by atoms with van der Waals surface area (Å²) >= 11 is 3.59. The minimum absolute atomic E-state index is 0.753. The second kappa shape index (κ2) is 7.30. The third kappa shape index (κ3) is 3.96. The quantitative estimate of drug-likeness (QED) is 0.729. The van der Waals surface area contributed by atoms with E-state index in [2.05, 4.69) is 46.0 Å². The molecule has 3 heteroatoms. The molecule has 1 saturated carbocycles. The molecule has 0 saturated heterocycles. The molecule has 1 aromatic rings. The summed E-state index contributed by atoms with van der Waals surface area (Å²) < 4.78 is 5.50. The first-order chi connectivity index (χ1) is 9.24. The van der Waals surface area contributed by atoms with Gasteiger partial charge in [-0.05, 0) is 25.8 Å². The third-order valence-corrected chi connectivity index (χ3v) is 4.38. The van der Waals surface area contributed by atoms with Crippen LogP contribution in [0.1, 0.15) is 36.8 Å². The number of nitrogens with zero attached hydrogens (tertiary/aromatic N) is 1. The third-order valence-electron chi connectivity index (χ3n) is 4.02. The molecular formula is C16H24BrNO. The van der Waals surface area contributed by atoms with Crippen molar-refractivity contribution in [3.05, 3.63) is 29.3 Å². The molecule has 0 aliphatic heterocycles. The molecule has 0 unspecified atom stereocenters. The van der Waals surface area contributed by atoms with Gasteiger partial charge >= 0.3 is 0 Å². The van der Waals surface area contributed by atoms with E-state index < -0.39 is 0 Å². The van der Waals surface area contributed by atoms with Crippen LogP contribution in [0.25, 0.3) is 0 Å². The van der Waals surface area contributed by atoms with Crippen molar-refractivity contribution < 1.29 is 4.74 Å². The zero-order valence-electron chi connectivity index (χ0n) is 12.0. The standard InChI is InChI=1S/C16H24BrNO/c1-13-7-8-16(19-2)14(11-13)12-18(10-9-17)15-5-3-4-6-15/h7-8,11,15H,3-6,9-10,12H2,1-2H3. The predicted molar refractivity (Wildman–Crippen MR) is 84.2 cm³/mol. The highest BCUT2D eigenvalue weighted by Gasteiger charge is 2.23. The molecule has 1 fully saturated rings. The Bertz CT molecular complexity index is 402. The van der Waals surface area contributed by atoms with Gasteiger partial charge in [0.2, 0.25) is 0 Å². The normalized spacial score (nSPS) is 16.2. The monoisotopic (exact) mass is 325 g/mol. The van der Waals surface area contributed by atoms with E-state index >= 15 is 0 Å². The Labute approximate surface area is 125 Å². The zero-order valence-corrected chi connectivity index (χ0v) is 13.6. The highest BCUT2D eigenvalue weighted by Crippen LogP contribution is 2.28. The van der Waals surface area contributed by atoms with E-state index in [1.165, 1.54) is 36.8 Å². The molecule has 1 aliphatic carbocycles. The van der Waals surface area contributed by atoms with Crippen molar-refractivity contribution in [3.63, 3.8) is 0 Å². The Morgan fingerprint density at radius 1 is 1.32 bits per heavy atom. The lowest BCUT2D eigenvalue weighted by Crippen LogP contribution is -2.34. The number of hydrogen-bond donors (Lipinski definition) is 0. The summed E-state index contributed by atoms with van der Waals surface area (Å²) in [6.07, 6.45) is 5.46. The Hall–Kier alpha value is -0.540. The average molecular weight is 326 g/mol. The summed E-state index contributed by atoms with van der Waals surface area (Å²) in [6, 6.07) is 7.22. The highest BCUT2D eigenvalue weighted by molar-refractivity contribution is 9.09. The average Bonchev–Trinajstić information content (AvgIpc) is 2.92. The maximum absolute atomic E-state index is 5.50. The maximum atomic E-state index is 5.50. The molecule has 1 aliphatic rings. The van der Waals surface area contributed by atoms with Crippen LogP contribution in [-0.4, -0.2) is 29.9 Å². The minimum atomic E-state index is 0.753. The molecule has 0 aromatic heterocycles. The fourth-order valence-corrected chi connectivity index (χ4v) is 3.47. The van der Waals surface area contributed by atoms with E-state index in [1.54, 1.807) is 7.11 Å². The molecule has 0 spiro atoms. The van der Waals surface area contributed by atoms with Gasteiger partial charge in [0.15, 0.2) is 0 Å². The van der Waals surface area contributed by atoms with E-state index in [4.69, 9.17) is 4.74 Å². The van der Waals surface area contributed by atoms with Crippen LogP contribution in [0.4, 0.5) is 0 Å². The van der Waals surface area contributed by atoms with Crippen molar-refractivity contribution in [3.8, 4) is 5.75 Å². The minimum Gasteiger partial charge on any atom is -0.496 e. The second-order valence-corrected chi connectivity index (χ2v) is 6.21. The molecule has 1 aromatic carbocycles. The maximum Gasteiger partial charge on any atom is 0.123 e. The van der Waals surface area contributed by atoms with E-state index in [-0.39, 0.29) is 0 Å². The molecule has 2 nitrogen and oxygen atoms in total. The van der Waals surface area contributed by atoms with E-state index in [1.807, 2.05) is 0 Å². The van der Waals surface area contributed by atoms with Crippen molar-refractivity contribution in [2.24, 2.45) is 0 Å². The van der Waals surface area contributed by atoms with E-state index in [9.17, 15) is 0 Å². The molecule has 2 rings (SSSR count). The first-order valence-corrected chi connectivity index (χ1v) is 8.30. The predicted octanol–water partition coefficient (Wildman–Crippen LogP) is 4.14. The fraction of sp³-hybridized carbons (Fsp3) is 0.625. The molecule has 0 bridgehead atoms. The van der Waals surface area contributed by atoms with Gasteiger partial charge in [0, 0.05) is 30.0 Å². The smallest absolute Gasteiger partial charge is 0.123 e. The lowest BCUT2D eigenvalue weighted by molar-refractivity contribution is 0.200. The van der Waals surface area contributed by atoms with Crippen molar-refractivity contribution in [2.75, 3.05) is 19.0 Å². The Balaban J connectivity index is 2.13. The fourth-order valence-electron chi connectivity index (χ4n) is 3.02. The van der Waals surface area contributed by atoms with Crippen molar-refractivity contribution >= 4 is 15.9 Å². The van der Waals surface area contributed by atoms with Crippen LogP contribution in [0.3, 0.4) is 0 Å². The van der Waals surface area contributed by atoms with Gasteiger partial charge in [0.25, 0.3) is 0 Å². The largest absolute Gasteiger partial charge is 0.496 e. The Morgan fingerprint density at radius 3 is 2.68 bits per heavy atom. The molecular weight excluding hydrogens is 302 g/mol. The van der Waals surface area contributed by atoms with Crippen molar-refractivity contribution in [1.82, 2.24) is 4.90 Å². The van der Waals surface area contributed by atoms with Crippen molar-refractivity contribution in [1.29, 1.82) is 0 Å². The van der Waals surface area contributed by atoms with Crippen LogP contribution < -0.4 is 4.74 Å². The summed E-state index contributed by atoms with van der Waals surface area (Å²) in [4.78, 5) is 2.61. The van der Waals surface area contributed by atoms with Gasteiger partial charge in [-0.2, -0.15) is 0 Å². The van der Waals surface area contributed by atoms with Crippen LogP contribution in [0.5, 0.6) is 5.75 Å². The Kier molecular flexibility index (Phi) is 5.71. The van der Waals surface area contributed by atoms with Gasteiger partial charge in [-0.3, -0.25) is 4.90 Å². The van der Waals surface area contributed by atoms with Crippen LogP contribution >= 0.6 is 15.9 Å². The van der Waals surface area contributed by atoms with E-state index in [0.717, 1.165) is 30.2 Å². The van der Waals surface area contributed by atoms with Crippen LogP contribution in [-0.2, 0) is 6.54 Å².